The van der Waals surface area contributed by atoms with E-state index in [1.807, 2.05) is 11.8 Å². The Labute approximate surface area is 129 Å². The van der Waals surface area contributed by atoms with Gasteiger partial charge >= 0.3 is 0 Å². The Kier molecular flexibility index (Phi) is 6.21. The average Bonchev–Trinajstić information content (AvgIpc) is 2.42. The van der Waals surface area contributed by atoms with Crippen LogP contribution < -0.4 is 5.32 Å². The van der Waals surface area contributed by atoms with Gasteiger partial charge in [-0.2, -0.15) is 0 Å². The van der Waals surface area contributed by atoms with Gasteiger partial charge in [0.1, 0.15) is 0 Å². The highest BCUT2D eigenvalue weighted by Gasteiger charge is 2.30. The quantitative estimate of drug-likeness (QED) is 0.843. The maximum atomic E-state index is 4.81. The van der Waals surface area contributed by atoms with Crippen molar-refractivity contribution >= 4 is 16.9 Å². The Hall–Kier alpha value is -0.220. The maximum Gasteiger partial charge on any atom is 0.156 e. The van der Waals surface area contributed by atoms with Gasteiger partial charge in [0.05, 0.1) is 6.54 Å². The van der Waals surface area contributed by atoms with Crippen molar-refractivity contribution in [3.05, 3.63) is 0 Å². The Balaban J connectivity index is 1.80. The zero-order valence-corrected chi connectivity index (χ0v) is 14.4. The van der Waals surface area contributed by atoms with Crippen LogP contribution in [-0.4, -0.2) is 47.0 Å². The summed E-state index contributed by atoms with van der Waals surface area (Å²) in [5, 5.41) is 4.88. The van der Waals surface area contributed by atoms with E-state index < -0.39 is 0 Å². The average molecular weight is 298 g/mol. The number of aliphatic imine (C=N–C) groups is 1. The summed E-state index contributed by atoms with van der Waals surface area (Å²) in [6.45, 7) is 11.1. The SMILES string of the molecule is CC(C)N(CCN=C1NC2CCCCC2CS1)C(C)C. The molecule has 2 rings (SSSR count). The van der Waals surface area contributed by atoms with Crippen molar-refractivity contribution in [2.75, 3.05) is 18.8 Å². The number of nitrogens with one attached hydrogen (secondary N) is 1. The summed E-state index contributed by atoms with van der Waals surface area (Å²) in [6, 6.07) is 1.91. The van der Waals surface area contributed by atoms with Crippen LogP contribution in [0.25, 0.3) is 0 Å². The van der Waals surface area contributed by atoms with E-state index in [4.69, 9.17) is 4.99 Å². The van der Waals surface area contributed by atoms with E-state index in [-0.39, 0.29) is 0 Å². The van der Waals surface area contributed by atoms with Crippen LogP contribution in [0.2, 0.25) is 0 Å². The molecule has 1 heterocycles. The van der Waals surface area contributed by atoms with E-state index >= 15 is 0 Å². The number of thioether (sulfide) groups is 1. The summed E-state index contributed by atoms with van der Waals surface area (Å²) in [5.41, 5.74) is 0. The van der Waals surface area contributed by atoms with Gasteiger partial charge < -0.3 is 5.32 Å². The lowest BCUT2D eigenvalue weighted by atomic mass is 9.86. The summed E-state index contributed by atoms with van der Waals surface area (Å²) in [5.74, 6) is 2.16. The summed E-state index contributed by atoms with van der Waals surface area (Å²) < 4.78 is 0. The molecule has 1 aliphatic heterocycles. The van der Waals surface area contributed by atoms with Crippen LogP contribution in [-0.2, 0) is 0 Å². The molecule has 3 nitrogen and oxygen atoms in total. The standard InChI is InChI=1S/C16H31N3S/c1-12(2)19(13(3)4)10-9-17-16-18-15-8-6-5-7-14(15)11-20-16/h12-15H,5-11H2,1-4H3,(H,17,18). The first-order valence-corrected chi connectivity index (χ1v) is 9.26. The first kappa shape index (κ1) is 16.2. The highest BCUT2D eigenvalue weighted by Crippen LogP contribution is 2.31. The van der Waals surface area contributed by atoms with E-state index in [2.05, 4.69) is 37.9 Å². The predicted octanol–water partition coefficient (Wildman–Crippen LogP) is 3.36. The number of nitrogens with zero attached hydrogens (tertiary/aromatic N) is 2. The second-order valence-electron chi connectivity index (χ2n) is 6.72. The van der Waals surface area contributed by atoms with Gasteiger partial charge in [0.25, 0.3) is 0 Å². The largest absolute Gasteiger partial charge is 0.362 e. The fourth-order valence-corrected chi connectivity index (χ4v) is 4.64. The zero-order chi connectivity index (χ0) is 14.5. The smallest absolute Gasteiger partial charge is 0.156 e. The summed E-state index contributed by atoms with van der Waals surface area (Å²) in [6.07, 6.45) is 5.56. The third-order valence-electron chi connectivity index (χ3n) is 4.59. The molecule has 116 valence electrons. The minimum Gasteiger partial charge on any atom is -0.362 e. The Bertz CT molecular complexity index is 320. The van der Waals surface area contributed by atoms with Gasteiger partial charge in [0.15, 0.2) is 5.17 Å². The third-order valence-corrected chi connectivity index (χ3v) is 5.71. The van der Waals surface area contributed by atoms with Gasteiger partial charge in [0, 0.05) is 30.4 Å². The lowest BCUT2D eigenvalue weighted by molar-refractivity contribution is 0.181. The van der Waals surface area contributed by atoms with E-state index in [1.165, 1.54) is 36.6 Å². The normalized spacial score (nSPS) is 29.1. The molecule has 0 bridgehead atoms. The number of rotatable bonds is 5. The topological polar surface area (TPSA) is 27.6 Å². The van der Waals surface area contributed by atoms with Crippen LogP contribution in [0.3, 0.4) is 0 Å². The Morgan fingerprint density at radius 1 is 1.20 bits per heavy atom. The van der Waals surface area contributed by atoms with Crippen LogP contribution in [0.1, 0.15) is 53.4 Å². The monoisotopic (exact) mass is 297 g/mol. The molecule has 0 aromatic rings. The molecule has 0 amide bonds. The van der Waals surface area contributed by atoms with Crippen molar-refractivity contribution < 1.29 is 0 Å². The van der Waals surface area contributed by atoms with Crippen molar-refractivity contribution in [3.63, 3.8) is 0 Å². The molecule has 1 aliphatic carbocycles. The van der Waals surface area contributed by atoms with Crippen molar-refractivity contribution in [3.8, 4) is 0 Å². The zero-order valence-electron chi connectivity index (χ0n) is 13.6. The minimum atomic E-state index is 0.602. The van der Waals surface area contributed by atoms with Gasteiger partial charge in [0.2, 0.25) is 0 Å². The molecule has 1 saturated heterocycles. The van der Waals surface area contributed by atoms with Gasteiger partial charge in [-0.05, 0) is 46.5 Å². The first-order valence-electron chi connectivity index (χ1n) is 8.27. The lowest BCUT2D eigenvalue weighted by Crippen LogP contribution is -2.46. The molecule has 2 unspecified atom stereocenters. The predicted molar refractivity (Wildman–Crippen MR) is 90.6 cm³/mol. The molecule has 0 aromatic carbocycles. The van der Waals surface area contributed by atoms with Crippen molar-refractivity contribution in [1.82, 2.24) is 10.2 Å². The second-order valence-corrected chi connectivity index (χ2v) is 7.73. The molecular weight excluding hydrogens is 266 g/mol. The fourth-order valence-electron chi connectivity index (χ4n) is 3.45. The molecule has 20 heavy (non-hydrogen) atoms. The number of fused-ring (bicyclic) bond motifs is 1. The fraction of sp³-hybridized carbons (Fsp3) is 0.938. The van der Waals surface area contributed by atoms with Crippen molar-refractivity contribution in [2.24, 2.45) is 10.9 Å². The molecular formula is C16H31N3S. The Morgan fingerprint density at radius 3 is 2.60 bits per heavy atom. The molecule has 0 radical (unpaired) electrons. The van der Waals surface area contributed by atoms with E-state index in [9.17, 15) is 0 Å². The number of hydrogen-bond acceptors (Lipinski definition) is 3. The van der Waals surface area contributed by atoms with Gasteiger partial charge in [-0.3, -0.25) is 9.89 Å². The first-order chi connectivity index (χ1) is 9.58. The van der Waals surface area contributed by atoms with Crippen LogP contribution in [0.4, 0.5) is 0 Å². The molecule has 0 spiro atoms. The van der Waals surface area contributed by atoms with Gasteiger partial charge in [-0.25, -0.2) is 0 Å². The number of amidine groups is 1. The highest BCUT2D eigenvalue weighted by molar-refractivity contribution is 8.13. The van der Waals surface area contributed by atoms with E-state index in [1.54, 1.807) is 0 Å². The maximum absolute atomic E-state index is 4.81. The highest BCUT2D eigenvalue weighted by atomic mass is 32.2. The second kappa shape index (κ2) is 7.69. The van der Waals surface area contributed by atoms with Gasteiger partial charge in [-0.15, -0.1) is 0 Å². The summed E-state index contributed by atoms with van der Waals surface area (Å²) >= 11 is 1.94. The van der Waals surface area contributed by atoms with E-state index in [0.29, 0.717) is 18.1 Å². The molecule has 2 atom stereocenters. The van der Waals surface area contributed by atoms with Crippen LogP contribution in [0.15, 0.2) is 4.99 Å². The van der Waals surface area contributed by atoms with Crippen molar-refractivity contribution in [1.29, 1.82) is 0 Å². The van der Waals surface area contributed by atoms with Crippen molar-refractivity contribution in [2.45, 2.75) is 71.5 Å². The van der Waals surface area contributed by atoms with Gasteiger partial charge in [-0.1, -0.05) is 24.6 Å². The van der Waals surface area contributed by atoms with Crippen LogP contribution in [0.5, 0.6) is 0 Å². The molecule has 1 N–H and O–H groups in total. The molecule has 4 heteroatoms. The van der Waals surface area contributed by atoms with E-state index in [0.717, 1.165) is 19.0 Å². The summed E-state index contributed by atoms with van der Waals surface area (Å²) in [4.78, 5) is 7.32. The lowest BCUT2D eigenvalue weighted by Gasteiger charge is -2.37. The molecule has 2 aliphatic rings. The molecule has 0 aromatic heterocycles. The van der Waals surface area contributed by atoms with Crippen LogP contribution >= 0.6 is 11.8 Å². The Morgan fingerprint density at radius 2 is 1.90 bits per heavy atom. The third kappa shape index (κ3) is 4.39. The molecule has 2 fully saturated rings. The minimum absolute atomic E-state index is 0.602. The molecule has 1 saturated carbocycles. The number of hydrogen-bond donors (Lipinski definition) is 1. The van der Waals surface area contributed by atoms with Crippen LogP contribution in [0, 0.1) is 5.92 Å². The summed E-state index contributed by atoms with van der Waals surface area (Å²) in [7, 11) is 0.